The average Bonchev–Trinajstić information content (AvgIpc) is 2.94. The predicted molar refractivity (Wildman–Crippen MR) is 145 cm³/mol. The summed E-state index contributed by atoms with van der Waals surface area (Å²) in [6.07, 6.45) is -0.608. The summed E-state index contributed by atoms with van der Waals surface area (Å²) in [6.45, 7) is 4.72. The van der Waals surface area contributed by atoms with Gasteiger partial charge in [-0.15, -0.1) is 0 Å². The highest BCUT2D eigenvalue weighted by molar-refractivity contribution is 9.10. The number of methoxy groups -OCH3 is 3. The molecule has 0 aromatic heterocycles. The maximum absolute atomic E-state index is 13.4. The number of nitrogens with zero attached hydrogens (tertiary/aromatic N) is 1. The van der Waals surface area contributed by atoms with Crippen molar-refractivity contribution in [2.24, 2.45) is 0 Å². The van der Waals surface area contributed by atoms with Gasteiger partial charge in [-0.2, -0.15) is 0 Å². The van der Waals surface area contributed by atoms with E-state index >= 15 is 0 Å². The monoisotopic (exact) mass is 587 g/mol. The van der Waals surface area contributed by atoms with E-state index in [-0.39, 0.29) is 45.4 Å². The van der Waals surface area contributed by atoms with Crippen LogP contribution >= 0.6 is 15.9 Å². The van der Waals surface area contributed by atoms with Crippen LogP contribution in [0.1, 0.15) is 29.8 Å². The minimum atomic E-state index is -0.754. The van der Waals surface area contributed by atoms with Gasteiger partial charge in [0, 0.05) is 13.1 Å². The molecule has 9 nitrogen and oxygen atoms in total. The fourth-order valence-electron chi connectivity index (χ4n) is 3.60. The Hall–Kier alpha value is -3.92. The number of amides is 1. The summed E-state index contributed by atoms with van der Waals surface area (Å²) in [5.74, 6) is 0.354. The molecule has 0 radical (unpaired) electrons. The first-order valence-electron chi connectivity index (χ1n) is 11.8. The quantitative estimate of drug-likeness (QED) is 0.196. The van der Waals surface area contributed by atoms with Crippen molar-refractivity contribution in [1.29, 1.82) is 0 Å². The summed E-state index contributed by atoms with van der Waals surface area (Å²) >= 11 is 3.41. The lowest BCUT2D eigenvalue weighted by Crippen LogP contribution is -2.33. The van der Waals surface area contributed by atoms with Crippen LogP contribution in [0, 0.1) is 0 Å². The van der Waals surface area contributed by atoms with E-state index in [2.05, 4.69) is 15.9 Å². The molecule has 3 rings (SSSR count). The van der Waals surface area contributed by atoms with E-state index in [0.717, 1.165) is 5.56 Å². The van der Waals surface area contributed by atoms with Crippen molar-refractivity contribution in [3.8, 4) is 34.5 Å². The largest absolute Gasteiger partial charge is 0.493 e. The summed E-state index contributed by atoms with van der Waals surface area (Å²) in [7, 11) is 4.35. The fourth-order valence-corrected chi connectivity index (χ4v) is 4.13. The van der Waals surface area contributed by atoms with Gasteiger partial charge in [0.15, 0.2) is 23.0 Å². The van der Waals surface area contributed by atoms with E-state index in [0.29, 0.717) is 18.8 Å². The Labute approximate surface area is 230 Å². The zero-order chi connectivity index (χ0) is 27.7. The van der Waals surface area contributed by atoms with E-state index in [4.69, 9.17) is 28.4 Å². The maximum atomic E-state index is 13.4. The molecule has 10 heteroatoms. The molecular weight excluding hydrogens is 558 g/mol. The Morgan fingerprint density at radius 1 is 0.763 bits per heavy atom. The zero-order valence-corrected chi connectivity index (χ0v) is 23.5. The predicted octanol–water partition coefficient (Wildman–Crippen LogP) is 6.11. The molecule has 3 aromatic rings. The number of esters is 1. The zero-order valence-electron chi connectivity index (χ0n) is 21.9. The van der Waals surface area contributed by atoms with Crippen molar-refractivity contribution in [2.45, 2.75) is 20.5 Å². The lowest BCUT2D eigenvalue weighted by atomic mass is 10.1. The third-order valence-corrected chi connectivity index (χ3v) is 6.37. The molecule has 0 saturated carbocycles. The fraction of sp³-hybridized carbons (Fsp3) is 0.286. The Morgan fingerprint density at radius 3 is 2.03 bits per heavy atom. The minimum Gasteiger partial charge on any atom is -0.493 e. The molecule has 0 aliphatic heterocycles. The van der Waals surface area contributed by atoms with Crippen LogP contribution in [-0.4, -0.2) is 51.4 Å². The van der Waals surface area contributed by atoms with Crippen molar-refractivity contribution in [1.82, 2.24) is 4.90 Å². The number of rotatable bonds is 11. The standard InChI is InChI=1S/C28H30BrNO8/c1-6-30(7-2)28(32)38-26-23(29)19(27(31)37-21-15-11-14-20(33-3)24(21)34-4)16-22(25(26)35-5)36-17-18-12-9-8-10-13-18/h8-16H,6-7,17H2,1-5H3. The van der Waals surface area contributed by atoms with Crippen molar-refractivity contribution in [3.63, 3.8) is 0 Å². The normalized spacial score (nSPS) is 10.4. The van der Waals surface area contributed by atoms with Gasteiger partial charge in [0.1, 0.15) is 6.61 Å². The van der Waals surface area contributed by atoms with E-state index in [1.54, 1.807) is 18.2 Å². The number of halogens is 1. The second-order valence-corrected chi connectivity index (χ2v) is 8.59. The number of carbonyl (C=O) groups is 2. The molecular formula is C28H30BrNO8. The highest BCUT2D eigenvalue weighted by atomic mass is 79.9. The first-order chi connectivity index (χ1) is 18.4. The van der Waals surface area contributed by atoms with Gasteiger partial charge < -0.3 is 33.3 Å². The highest BCUT2D eigenvalue weighted by Crippen LogP contribution is 2.46. The second kappa shape index (κ2) is 13.6. The Balaban J connectivity index is 2.07. The molecule has 0 fully saturated rings. The Bertz CT molecular complexity index is 1260. The molecule has 0 aliphatic carbocycles. The van der Waals surface area contributed by atoms with Crippen LogP contribution in [0.15, 0.2) is 59.1 Å². The van der Waals surface area contributed by atoms with Crippen LogP contribution in [0.25, 0.3) is 0 Å². The number of carbonyl (C=O) groups excluding carboxylic acids is 2. The van der Waals surface area contributed by atoms with Gasteiger partial charge in [0.25, 0.3) is 0 Å². The molecule has 3 aromatic carbocycles. The third-order valence-electron chi connectivity index (χ3n) is 5.58. The maximum Gasteiger partial charge on any atom is 0.415 e. The van der Waals surface area contributed by atoms with Crippen molar-refractivity contribution < 1.29 is 38.0 Å². The second-order valence-electron chi connectivity index (χ2n) is 7.79. The Kier molecular flexibility index (Phi) is 10.2. The first kappa shape index (κ1) is 28.6. The number of ether oxygens (including phenoxy) is 6. The van der Waals surface area contributed by atoms with Crippen LogP contribution in [0.2, 0.25) is 0 Å². The molecule has 38 heavy (non-hydrogen) atoms. The van der Waals surface area contributed by atoms with Crippen LogP contribution in [-0.2, 0) is 6.61 Å². The van der Waals surface area contributed by atoms with E-state index in [1.807, 2.05) is 44.2 Å². The molecule has 0 unspecified atom stereocenters. The summed E-state index contributed by atoms with van der Waals surface area (Å²) in [5.41, 5.74) is 0.936. The van der Waals surface area contributed by atoms with Gasteiger partial charge in [-0.05, 0) is 53.5 Å². The topological polar surface area (TPSA) is 92.8 Å². The number of hydrogen-bond donors (Lipinski definition) is 0. The van der Waals surface area contributed by atoms with Crippen LogP contribution < -0.4 is 28.4 Å². The van der Waals surface area contributed by atoms with Crippen molar-refractivity contribution >= 4 is 28.0 Å². The lowest BCUT2D eigenvalue weighted by Gasteiger charge is -2.22. The molecule has 0 saturated heterocycles. The van der Waals surface area contributed by atoms with Gasteiger partial charge in [0.05, 0.1) is 31.4 Å². The van der Waals surface area contributed by atoms with E-state index in [9.17, 15) is 9.59 Å². The Morgan fingerprint density at radius 2 is 1.42 bits per heavy atom. The molecule has 0 N–H and O–H groups in total. The van der Waals surface area contributed by atoms with Crippen molar-refractivity contribution in [3.05, 3.63) is 70.2 Å². The van der Waals surface area contributed by atoms with E-state index in [1.165, 1.54) is 32.3 Å². The molecule has 0 aliphatic rings. The molecule has 1 amide bonds. The smallest absolute Gasteiger partial charge is 0.415 e. The van der Waals surface area contributed by atoms with Crippen LogP contribution in [0.3, 0.4) is 0 Å². The molecule has 0 spiro atoms. The minimum absolute atomic E-state index is 0.0143. The van der Waals surface area contributed by atoms with E-state index < -0.39 is 12.1 Å². The molecule has 0 heterocycles. The summed E-state index contributed by atoms with van der Waals surface area (Å²) < 4.78 is 33.8. The number of benzene rings is 3. The molecule has 0 atom stereocenters. The number of hydrogen-bond acceptors (Lipinski definition) is 8. The van der Waals surface area contributed by atoms with Gasteiger partial charge in [0.2, 0.25) is 11.5 Å². The van der Waals surface area contributed by atoms with Crippen LogP contribution in [0.5, 0.6) is 34.5 Å². The van der Waals surface area contributed by atoms with Gasteiger partial charge in [-0.25, -0.2) is 9.59 Å². The molecule has 202 valence electrons. The van der Waals surface area contributed by atoms with Gasteiger partial charge >= 0.3 is 12.1 Å². The van der Waals surface area contributed by atoms with Gasteiger partial charge in [-0.1, -0.05) is 36.4 Å². The van der Waals surface area contributed by atoms with Crippen molar-refractivity contribution in [2.75, 3.05) is 34.4 Å². The first-order valence-corrected chi connectivity index (χ1v) is 12.6. The van der Waals surface area contributed by atoms with Gasteiger partial charge in [-0.3, -0.25) is 0 Å². The molecule has 0 bridgehead atoms. The highest BCUT2D eigenvalue weighted by Gasteiger charge is 2.28. The summed E-state index contributed by atoms with van der Waals surface area (Å²) in [5, 5.41) is 0. The van der Waals surface area contributed by atoms with Crippen LogP contribution in [0.4, 0.5) is 4.79 Å². The SMILES string of the molecule is CCN(CC)C(=O)Oc1c(Br)c(C(=O)Oc2cccc(OC)c2OC)cc(OCc2ccccc2)c1OC. The summed E-state index contributed by atoms with van der Waals surface area (Å²) in [4.78, 5) is 27.8. The lowest BCUT2D eigenvalue weighted by molar-refractivity contribution is 0.0726. The summed E-state index contributed by atoms with van der Waals surface area (Å²) in [6, 6.07) is 15.9. The average molecular weight is 588 g/mol. The third kappa shape index (κ3) is 6.49. The number of para-hydroxylation sites is 1.